The molecule has 3 heterocycles. The second-order valence-electron chi connectivity index (χ2n) is 4.81. The lowest BCUT2D eigenvalue weighted by Gasteiger charge is -2.23. The maximum Gasteiger partial charge on any atom is 0.224 e. The lowest BCUT2D eigenvalue weighted by atomic mass is 9.99. The Hall–Kier alpha value is -2.41. The fourth-order valence-electron chi connectivity index (χ4n) is 2.41. The monoisotopic (exact) mass is 290 g/mol. The van der Waals surface area contributed by atoms with E-state index in [9.17, 15) is 10.2 Å². The van der Waals surface area contributed by atoms with E-state index in [0.717, 1.165) is 0 Å². The Kier molecular flexibility index (Phi) is 2.94. The van der Waals surface area contributed by atoms with Crippen molar-refractivity contribution >= 4 is 22.9 Å². The van der Waals surface area contributed by atoms with Crippen LogP contribution in [-0.2, 0) is 4.74 Å². The van der Waals surface area contributed by atoms with Gasteiger partial charge in [0.25, 0.3) is 0 Å². The van der Waals surface area contributed by atoms with Crippen molar-refractivity contribution in [2.45, 2.75) is 24.4 Å². The molecule has 1 unspecified atom stereocenters. The van der Waals surface area contributed by atoms with Crippen LogP contribution in [0.2, 0.25) is 0 Å². The van der Waals surface area contributed by atoms with E-state index < -0.39 is 24.5 Å². The van der Waals surface area contributed by atoms with E-state index in [-0.39, 0.29) is 18.2 Å². The number of nitrogens with two attached hydrogens (primary N) is 2. The van der Waals surface area contributed by atoms with Crippen LogP contribution in [0, 0.1) is 12.3 Å². The SMILES string of the molecule is C#C[C@]1(CO)O[C@@H](n2cnc3c(N)nc(N)nc32)CC1O. The normalized spacial score (nSPS) is 28.8. The second-order valence-corrected chi connectivity index (χ2v) is 4.81. The van der Waals surface area contributed by atoms with Crippen molar-refractivity contribution in [1.82, 2.24) is 19.5 Å². The van der Waals surface area contributed by atoms with E-state index in [2.05, 4.69) is 20.9 Å². The van der Waals surface area contributed by atoms with E-state index >= 15 is 0 Å². The van der Waals surface area contributed by atoms with E-state index in [1.54, 1.807) is 4.57 Å². The Morgan fingerprint density at radius 2 is 2.29 bits per heavy atom. The molecule has 0 amide bonds. The third-order valence-corrected chi connectivity index (χ3v) is 3.56. The van der Waals surface area contributed by atoms with Crippen LogP contribution >= 0.6 is 0 Å². The van der Waals surface area contributed by atoms with Crippen molar-refractivity contribution in [2.75, 3.05) is 18.1 Å². The highest BCUT2D eigenvalue weighted by Crippen LogP contribution is 2.37. The molecule has 6 N–H and O–H groups in total. The maximum absolute atomic E-state index is 10.0. The molecule has 3 rings (SSSR count). The predicted octanol–water partition coefficient (Wildman–Crippen LogP) is -1.37. The molecule has 1 aliphatic rings. The third kappa shape index (κ3) is 1.89. The van der Waals surface area contributed by atoms with Gasteiger partial charge in [-0.1, -0.05) is 5.92 Å². The molecule has 9 nitrogen and oxygen atoms in total. The van der Waals surface area contributed by atoms with Gasteiger partial charge in [-0.05, 0) is 0 Å². The van der Waals surface area contributed by atoms with Crippen LogP contribution in [0.4, 0.5) is 11.8 Å². The highest BCUT2D eigenvalue weighted by molar-refractivity contribution is 5.82. The van der Waals surface area contributed by atoms with Crippen LogP contribution in [0.25, 0.3) is 11.2 Å². The van der Waals surface area contributed by atoms with Crippen molar-refractivity contribution in [1.29, 1.82) is 0 Å². The molecule has 0 radical (unpaired) electrons. The van der Waals surface area contributed by atoms with Gasteiger partial charge in [0, 0.05) is 6.42 Å². The first-order chi connectivity index (χ1) is 10.0. The molecule has 110 valence electrons. The summed E-state index contributed by atoms with van der Waals surface area (Å²) in [4.78, 5) is 12.0. The third-order valence-electron chi connectivity index (χ3n) is 3.56. The number of aliphatic hydroxyl groups excluding tert-OH is 2. The molecule has 21 heavy (non-hydrogen) atoms. The summed E-state index contributed by atoms with van der Waals surface area (Å²) >= 11 is 0. The summed E-state index contributed by atoms with van der Waals surface area (Å²) in [5.41, 5.74) is 10.6. The smallest absolute Gasteiger partial charge is 0.224 e. The van der Waals surface area contributed by atoms with Crippen LogP contribution in [-0.4, -0.2) is 48.0 Å². The first kappa shape index (κ1) is 13.6. The van der Waals surface area contributed by atoms with Gasteiger partial charge < -0.3 is 26.4 Å². The summed E-state index contributed by atoms with van der Waals surface area (Å²) in [6.07, 6.45) is 5.35. The van der Waals surface area contributed by atoms with E-state index in [4.69, 9.17) is 22.6 Å². The van der Waals surface area contributed by atoms with Crippen molar-refractivity contribution in [2.24, 2.45) is 0 Å². The van der Waals surface area contributed by atoms with Crippen molar-refractivity contribution < 1.29 is 14.9 Å². The zero-order chi connectivity index (χ0) is 15.2. The van der Waals surface area contributed by atoms with Gasteiger partial charge in [0.15, 0.2) is 17.1 Å². The maximum atomic E-state index is 10.0. The van der Waals surface area contributed by atoms with Crippen LogP contribution in [0.1, 0.15) is 12.6 Å². The Balaban J connectivity index is 2.05. The lowest BCUT2D eigenvalue weighted by molar-refractivity contribution is -0.0891. The number of terminal acetylenes is 1. The fraction of sp³-hybridized carbons (Fsp3) is 0.417. The van der Waals surface area contributed by atoms with E-state index in [0.29, 0.717) is 11.2 Å². The zero-order valence-corrected chi connectivity index (χ0v) is 11.0. The first-order valence-electron chi connectivity index (χ1n) is 6.21. The van der Waals surface area contributed by atoms with Crippen LogP contribution in [0.15, 0.2) is 6.33 Å². The molecule has 1 fully saturated rings. The Morgan fingerprint density at radius 1 is 1.52 bits per heavy atom. The highest BCUT2D eigenvalue weighted by atomic mass is 16.6. The van der Waals surface area contributed by atoms with Crippen LogP contribution in [0.3, 0.4) is 0 Å². The van der Waals surface area contributed by atoms with E-state index in [1.165, 1.54) is 6.33 Å². The largest absolute Gasteiger partial charge is 0.392 e. The van der Waals surface area contributed by atoms with Gasteiger partial charge >= 0.3 is 0 Å². The predicted molar refractivity (Wildman–Crippen MR) is 73.5 cm³/mol. The number of anilines is 2. The standard InChI is InChI=1S/C12H14N6O3/c1-2-12(4-19)6(20)3-7(21-12)18-5-15-8-9(13)16-11(14)17-10(8)18/h1,5-7,19-20H,3-4H2,(H4,13,14,16,17)/t6?,7-,12-/m1/s1. The number of fused-ring (bicyclic) bond motifs is 1. The molecule has 1 aliphatic heterocycles. The number of rotatable bonds is 2. The van der Waals surface area contributed by atoms with Crippen molar-refractivity contribution in [3.8, 4) is 12.3 Å². The average Bonchev–Trinajstić information content (AvgIpc) is 3.00. The van der Waals surface area contributed by atoms with Gasteiger partial charge in [0.05, 0.1) is 12.9 Å². The topological polar surface area (TPSA) is 145 Å². The fourth-order valence-corrected chi connectivity index (χ4v) is 2.41. The number of nitrogens with zero attached hydrogens (tertiary/aromatic N) is 4. The first-order valence-corrected chi connectivity index (χ1v) is 6.21. The van der Waals surface area contributed by atoms with Gasteiger partial charge in [-0.15, -0.1) is 6.42 Å². The number of hydrogen-bond acceptors (Lipinski definition) is 8. The number of ether oxygens (including phenoxy) is 1. The number of imidazole rings is 1. The number of nitrogen functional groups attached to an aromatic ring is 2. The molecule has 0 spiro atoms. The van der Waals surface area contributed by atoms with Crippen LogP contribution in [0.5, 0.6) is 0 Å². The van der Waals surface area contributed by atoms with E-state index in [1.807, 2.05) is 0 Å². The second kappa shape index (κ2) is 4.56. The summed E-state index contributed by atoms with van der Waals surface area (Å²) in [7, 11) is 0. The minimum absolute atomic E-state index is 0.00525. The number of aromatic nitrogens is 4. The highest BCUT2D eigenvalue weighted by Gasteiger charge is 2.47. The molecule has 0 aromatic carbocycles. The molecule has 3 atom stereocenters. The summed E-state index contributed by atoms with van der Waals surface area (Å²) in [5, 5.41) is 19.4. The lowest BCUT2D eigenvalue weighted by Crippen LogP contribution is -2.41. The molecule has 0 saturated carbocycles. The van der Waals surface area contributed by atoms with Crippen LogP contribution < -0.4 is 11.5 Å². The average molecular weight is 290 g/mol. The molecule has 9 heteroatoms. The Morgan fingerprint density at radius 3 is 2.90 bits per heavy atom. The molecule has 1 saturated heterocycles. The molecule has 2 aromatic heterocycles. The summed E-state index contributed by atoms with van der Waals surface area (Å²) in [6.45, 7) is -0.493. The zero-order valence-electron chi connectivity index (χ0n) is 11.0. The Labute approximate surface area is 119 Å². The molecular weight excluding hydrogens is 276 g/mol. The molecule has 0 bridgehead atoms. The number of aliphatic hydroxyl groups is 2. The summed E-state index contributed by atoms with van der Waals surface area (Å²) < 4.78 is 7.19. The van der Waals surface area contributed by atoms with Gasteiger partial charge in [-0.3, -0.25) is 4.57 Å². The molecular formula is C12H14N6O3. The van der Waals surface area contributed by atoms with Gasteiger partial charge in [0.1, 0.15) is 17.8 Å². The summed E-state index contributed by atoms with van der Waals surface area (Å²) in [5.74, 6) is 2.46. The minimum Gasteiger partial charge on any atom is -0.392 e. The minimum atomic E-state index is -1.44. The Bertz CT molecular complexity index is 738. The van der Waals surface area contributed by atoms with Crippen molar-refractivity contribution in [3.05, 3.63) is 6.33 Å². The van der Waals surface area contributed by atoms with Gasteiger partial charge in [-0.25, -0.2) is 4.98 Å². The van der Waals surface area contributed by atoms with Gasteiger partial charge in [-0.2, -0.15) is 9.97 Å². The van der Waals surface area contributed by atoms with Gasteiger partial charge in [0.2, 0.25) is 5.95 Å². The molecule has 0 aliphatic carbocycles. The quantitative estimate of drug-likeness (QED) is 0.496. The molecule has 2 aromatic rings. The summed E-state index contributed by atoms with van der Waals surface area (Å²) in [6, 6.07) is 0. The number of hydrogen-bond donors (Lipinski definition) is 4. The van der Waals surface area contributed by atoms with Crippen molar-refractivity contribution in [3.63, 3.8) is 0 Å².